The summed E-state index contributed by atoms with van der Waals surface area (Å²) in [6, 6.07) is 0. The Balaban J connectivity index is -0.000000285. The topological polar surface area (TPSA) is 221 Å². The van der Waals surface area contributed by atoms with Gasteiger partial charge in [0.05, 0.1) is 64.3 Å². The van der Waals surface area contributed by atoms with E-state index in [0.717, 1.165) is 164 Å². The van der Waals surface area contributed by atoms with Crippen LogP contribution in [0, 0.1) is 158 Å². The van der Waals surface area contributed by atoms with Gasteiger partial charge in [0.25, 0.3) is 0 Å². The molecule has 22 unspecified atom stereocenters. The Hall–Kier alpha value is -3.87. The molecule has 0 aromatic heterocycles. The van der Waals surface area contributed by atoms with Crippen molar-refractivity contribution < 1.29 is 85.7 Å². The first-order valence-corrected chi connectivity index (χ1v) is 50.1. The largest absolute Gasteiger partial charge is 0.460 e. The van der Waals surface area contributed by atoms with Gasteiger partial charge < -0.3 is 52.1 Å². The molecule has 0 aliphatic heterocycles. The van der Waals surface area contributed by atoms with Gasteiger partial charge >= 0.3 is 41.8 Å². The minimum Gasteiger partial charge on any atom is -0.460 e. The van der Waals surface area contributed by atoms with Crippen molar-refractivity contribution in [2.75, 3.05) is 0 Å². The van der Waals surface area contributed by atoms with Gasteiger partial charge in [-0.25, -0.2) is 0 Å². The van der Waals surface area contributed by atoms with Crippen molar-refractivity contribution in [3.63, 3.8) is 0 Å². The zero-order valence-electron chi connectivity index (χ0n) is 82.8. The van der Waals surface area contributed by atoms with Crippen LogP contribution in [0.3, 0.4) is 0 Å². The number of ether oxygens (including phenoxy) is 11. The zero-order valence-corrected chi connectivity index (χ0v) is 82.8. The van der Waals surface area contributed by atoms with Crippen LogP contribution in [0.4, 0.5) is 0 Å². The van der Waals surface area contributed by atoms with Crippen molar-refractivity contribution in [3.05, 3.63) is 0 Å². The third-order valence-corrected chi connectivity index (χ3v) is 33.4. The fourth-order valence-electron chi connectivity index (χ4n) is 24.2. The summed E-state index contributed by atoms with van der Waals surface area (Å²) in [7, 11) is 0. The third kappa shape index (κ3) is 38.3. The molecule has 0 saturated heterocycles. The summed E-state index contributed by atoms with van der Waals surface area (Å²) in [4.78, 5) is 82.3. The van der Waals surface area contributed by atoms with E-state index in [0.29, 0.717) is 36.3 Å². The lowest BCUT2D eigenvalue weighted by atomic mass is 9.55. The highest BCUT2D eigenvalue weighted by molar-refractivity contribution is 5.77. The maximum atomic E-state index is 12.2. The summed E-state index contributed by atoms with van der Waals surface area (Å²) in [5.74, 6) is 17.0. The quantitative estimate of drug-likeness (QED) is 0.0282. The third-order valence-electron chi connectivity index (χ3n) is 33.4. The molecule has 16 rings (SSSR count). The maximum Gasteiger partial charge on any atom is 0.313 e. The van der Waals surface area contributed by atoms with E-state index in [4.69, 9.17) is 52.1 Å². The predicted molar refractivity (Wildman–Crippen MR) is 575 cm³/mol. The fourth-order valence-corrected chi connectivity index (χ4v) is 24.2. The molecule has 0 radical (unpaired) electrons. The SMILES string of the molecule is C.C.C.C.C.C.C.C.C.C.C.C.C.C.CCC(C)(C)C(=O)OC(C)OC1C2CC3CC(C2)CC1C3.CCC(C)(C)C(=O)OC(C)OC1CC2CC1C1C3CCC(C3)C21.CCC(C)(C)OC(=O)C(C)(C)CC.CCC(C)C(=O)OC(C)(C)C.CCC(C)C(=O)OC(C)(C)CC.CCC(C)C(=O)OC(C)OC1C2CC3CC(C2)CC1C3.CCC(C)C(=O)OC(C)OC1CC2CC1C1C3CCC(C3)C21. The summed E-state index contributed by atoms with van der Waals surface area (Å²) >= 11 is 0. The average Bonchev–Trinajstić information content (AvgIpc) is 1.56. The van der Waals surface area contributed by atoms with Crippen LogP contribution in [0.25, 0.3) is 0 Å². The van der Waals surface area contributed by atoms with Crippen molar-refractivity contribution in [2.24, 2.45) is 158 Å². The number of esters is 7. The summed E-state index contributed by atoms with van der Waals surface area (Å²) in [5.41, 5.74) is -2.17. The van der Waals surface area contributed by atoms with Gasteiger partial charge in [-0.3, -0.25) is 33.6 Å². The second-order valence-electron chi connectivity index (χ2n) is 45.7. The van der Waals surface area contributed by atoms with Crippen LogP contribution in [0.5, 0.6) is 0 Å². The van der Waals surface area contributed by atoms with Crippen LogP contribution in [-0.4, -0.2) is 108 Å². The van der Waals surface area contributed by atoms with E-state index < -0.39 is 23.4 Å². The molecule has 0 N–H and O–H groups in total. The lowest BCUT2D eigenvalue weighted by molar-refractivity contribution is -0.224. The van der Waals surface area contributed by atoms with Crippen LogP contribution in [0.1, 0.15) is 498 Å². The van der Waals surface area contributed by atoms with Crippen LogP contribution >= 0.6 is 0 Å². The standard InChI is InChI=1S/C20H32O3.C19H30O3.C18H30O3.C17H28O3.C11H22O2.C10H20O2.C9H18O2.14CH4/c1-5-20(3,4)19(21)23-11(2)22-16-10-14-9-15(16)18-13-7-6-12(8-13)17(14)18;1-4-10(2)19(20)22-11(3)21-16-9-14-8-15(16)18-13-6-5-12(7-13)17(14)18;1-5-18(3,4)17(19)21-11(2)20-16-14-7-12-6-13(9-14)10-15(16)8-12;1-4-10(2)17(18)20-11(3)19-16-14-6-12-5-13(8-14)9-15(16)7-12;1-7-10(3,4)9(12)13-11(5,6)8-2;1-6-8(3)9(11)12-10(4,5)7-2;1-6-7(2)8(10)11-9(3,4)5;;;;;;;;;;;;;;/h11-18H,5-10H2,1-4H3;10-18H,4-9H2,1-3H3;11-16H,5-10H2,1-4H3;10-16H,4-9H2,1-3H3;7-8H2,1-6H3;8H,6-7H2,1-5H3;7H,6H2,1-5H3;14*1H4. The zero-order chi connectivity index (χ0) is 90.8. The Morgan fingerprint density at radius 1 is 0.250 bits per heavy atom. The average molecular weight is 1940 g/mol. The lowest BCUT2D eigenvalue weighted by Gasteiger charge is -2.54. The van der Waals surface area contributed by atoms with Crippen molar-refractivity contribution in [1.82, 2.24) is 0 Å². The number of hydrogen-bond donors (Lipinski definition) is 0. The second kappa shape index (κ2) is 62.1. The van der Waals surface area contributed by atoms with E-state index in [1.165, 1.54) is 128 Å². The Morgan fingerprint density at radius 2 is 0.500 bits per heavy atom. The van der Waals surface area contributed by atoms with Gasteiger partial charge in [-0.2, -0.15) is 0 Å². The molecule has 0 amide bonds. The molecule has 16 bridgehead atoms. The summed E-state index contributed by atoms with van der Waals surface area (Å²) in [5, 5.41) is 0. The molecule has 0 spiro atoms. The summed E-state index contributed by atoms with van der Waals surface area (Å²) < 4.78 is 62.7. The van der Waals surface area contributed by atoms with Crippen molar-refractivity contribution in [3.8, 4) is 0 Å². The summed E-state index contributed by atoms with van der Waals surface area (Å²) in [6.45, 7) is 58.2. The van der Waals surface area contributed by atoms with E-state index >= 15 is 0 Å². The van der Waals surface area contributed by atoms with E-state index in [2.05, 4.69) is 0 Å². The smallest absolute Gasteiger partial charge is 0.313 e. The molecule has 16 aliphatic carbocycles. The van der Waals surface area contributed by atoms with Crippen molar-refractivity contribution >= 4 is 41.8 Å². The Kier molecular flexibility index (Phi) is 66.2. The van der Waals surface area contributed by atoms with Gasteiger partial charge in [-0.05, 0) is 422 Å². The van der Waals surface area contributed by atoms with Crippen molar-refractivity contribution in [2.45, 2.75) is 564 Å². The van der Waals surface area contributed by atoms with Gasteiger partial charge in [0.15, 0.2) is 25.2 Å². The molecular weight excluding hydrogens is 1710 g/mol. The number of hydrogen-bond acceptors (Lipinski definition) is 18. The monoisotopic (exact) mass is 1940 g/mol. The molecule has 0 aromatic rings. The molecule has 0 aromatic carbocycles. The van der Waals surface area contributed by atoms with Gasteiger partial charge in [0, 0.05) is 0 Å². The molecule has 18 nitrogen and oxygen atoms in total. The predicted octanol–water partition coefficient (Wildman–Crippen LogP) is 33.5. The highest BCUT2D eigenvalue weighted by atomic mass is 16.7. The number of fused-ring (bicyclic) bond motifs is 18. The molecule has 816 valence electrons. The first kappa shape index (κ1) is 145. The fraction of sp³-hybridized carbons (Fsp3) is 0.941. The van der Waals surface area contributed by atoms with Crippen LogP contribution in [0.2, 0.25) is 0 Å². The highest BCUT2D eigenvalue weighted by Crippen LogP contribution is 2.70. The van der Waals surface area contributed by atoms with Gasteiger partial charge in [0.1, 0.15) is 16.8 Å². The van der Waals surface area contributed by atoms with Crippen LogP contribution < -0.4 is 0 Å². The maximum absolute atomic E-state index is 12.2. The van der Waals surface area contributed by atoms with Gasteiger partial charge in [-0.1, -0.05) is 194 Å². The van der Waals surface area contributed by atoms with E-state index in [-0.39, 0.29) is 204 Å². The molecule has 136 heavy (non-hydrogen) atoms. The van der Waals surface area contributed by atoms with E-state index in [1.54, 1.807) is 0 Å². The Labute approximate surface area is 845 Å². The second-order valence-corrected chi connectivity index (χ2v) is 45.7. The minimum absolute atomic E-state index is 0. The minimum atomic E-state index is -0.415. The number of rotatable bonds is 30. The van der Waals surface area contributed by atoms with E-state index in [9.17, 15) is 33.6 Å². The summed E-state index contributed by atoms with van der Waals surface area (Å²) in [6.07, 6.45) is 34.8. The number of carbonyl (C=O) groups excluding carboxylic acids is 7. The molecule has 16 aliphatic rings. The first-order valence-electron chi connectivity index (χ1n) is 50.1. The Bertz CT molecular complexity index is 3270. The normalized spacial score (nSPS) is 31.1. The molecule has 16 saturated carbocycles. The van der Waals surface area contributed by atoms with Gasteiger partial charge in [0.2, 0.25) is 0 Å². The number of carbonyl (C=O) groups is 7. The van der Waals surface area contributed by atoms with E-state index in [1.807, 2.05) is 208 Å². The molecule has 18 heteroatoms. The first-order chi connectivity index (χ1) is 57.0. The molecular formula is C118H236O18. The van der Waals surface area contributed by atoms with Crippen LogP contribution in [0.15, 0.2) is 0 Å². The Morgan fingerprint density at radius 3 is 0.779 bits per heavy atom. The van der Waals surface area contributed by atoms with Crippen LogP contribution in [-0.2, 0) is 85.7 Å². The van der Waals surface area contributed by atoms with Crippen molar-refractivity contribution in [1.29, 1.82) is 0 Å². The highest BCUT2D eigenvalue weighted by Gasteiger charge is 2.65. The molecule has 22 atom stereocenters. The lowest BCUT2D eigenvalue weighted by Crippen LogP contribution is -2.50. The van der Waals surface area contributed by atoms with Gasteiger partial charge in [-0.15, -0.1) is 0 Å². The molecule has 0 heterocycles. The molecule has 16 fully saturated rings.